The van der Waals surface area contributed by atoms with Gasteiger partial charge in [-0.2, -0.15) is 9.40 Å². The summed E-state index contributed by atoms with van der Waals surface area (Å²) >= 11 is 1.48. The van der Waals surface area contributed by atoms with Crippen LogP contribution in [0.15, 0.2) is 59.8 Å². The third-order valence-corrected chi connectivity index (χ3v) is 9.15. The molecule has 0 radical (unpaired) electrons. The Labute approximate surface area is 208 Å². The highest BCUT2D eigenvalue weighted by Crippen LogP contribution is 2.32. The van der Waals surface area contributed by atoms with E-state index >= 15 is 0 Å². The number of amides is 1. The lowest BCUT2D eigenvalue weighted by atomic mass is 10.1. The number of benzene rings is 2. The number of hydrogen-bond donors (Lipinski definition) is 0. The molecule has 0 N–H and O–H groups in total. The summed E-state index contributed by atoms with van der Waals surface area (Å²) in [5.41, 5.74) is 3.52. The van der Waals surface area contributed by atoms with Gasteiger partial charge in [0, 0.05) is 37.6 Å². The van der Waals surface area contributed by atoms with Crippen molar-refractivity contribution < 1.29 is 13.2 Å². The molecule has 1 saturated heterocycles. The van der Waals surface area contributed by atoms with E-state index < -0.39 is 10.0 Å². The number of aryl methyl sites for hydroxylation is 2. The van der Waals surface area contributed by atoms with E-state index in [0.717, 1.165) is 34.2 Å². The van der Waals surface area contributed by atoms with Crippen LogP contribution in [0.25, 0.3) is 10.2 Å². The fourth-order valence-corrected chi connectivity index (χ4v) is 7.08. The van der Waals surface area contributed by atoms with E-state index in [-0.39, 0.29) is 10.8 Å². The minimum Gasteiger partial charge on any atom is -0.282 e. The molecule has 1 aliphatic rings. The molecule has 0 spiro atoms. The van der Waals surface area contributed by atoms with Gasteiger partial charge in [-0.25, -0.2) is 13.4 Å². The van der Waals surface area contributed by atoms with Crippen LogP contribution < -0.4 is 4.90 Å². The molecule has 182 valence electrons. The second-order valence-electron chi connectivity index (χ2n) is 8.79. The largest absolute Gasteiger partial charge is 0.282 e. The standard InChI is InChI=1S/C25H27N5O3S2/c1-18-16-19(2)23-22(17-18)34-25(27-23)30(15-14-28-11-5-10-26-28)24(31)20-6-8-21(9-7-20)35(32,33)29-12-3-4-13-29/h5-11,16-17H,3-4,12-15H2,1-2H3. The van der Waals surface area contributed by atoms with E-state index in [1.165, 1.54) is 27.8 Å². The van der Waals surface area contributed by atoms with Gasteiger partial charge in [-0.05, 0) is 74.2 Å². The molecule has 2 aromatic heterocycles. The summed E-state index contributed by atoms with van der Waals surface area (Å²) in [7, 11) is -3.53. The summed E-state index contributed by atoms with van der Waals surface area (Å²) in [5, 5.41) is 4.86. The van der Waals surface area contributed by atoms with Crippen LogP contribution in [0.3, 0.4) is 0 Å². The quantitative estimate of drug-likeness (QED) is 0.372. The molecule has 0 unspecified atom stereocenters. The van der Waals surface area contributed by atoms with Gasteiger partial charge in [0.25, 0.3) is 5.91 Å². The highest BCUT2D eigenvalue weighted by Gasteiger charge is 2.28. The van der Waals surface area contributed by atoms with E-state index in [4.69, 9.17) is 4.98 Å². The molecule has 4 aromatic rings. The minimum atomic E-state index is -3.53. The van der Waals surface area contributed by atoms with Gasteiger partial charge in [0.05, 0.1) is 21.7 Å². The smallest absolute Gasteiger partial charge is 0.260 e. The molecule has 5 rings (SSSR count). The van der Waals surface area contributed by atoms with Crippen LogP contribution in [0.4, 0.5) is 5.13 Å². The summed E-state index contributed by atoms with van der Waals surface area (Å²) in [4.78, 5) is 20.3. The number of fused-ring (bicyclic) bond motifs is 1. The Balaban J connectivity index is 1.46. The number of anilines is 1. The number of sulfonamides is 1. The van der Waals surface area contributed by atoms with Crippen LogP contribution in [0.2, 0.25) is 0 Å². The first-order chi connectivity index (χ1) is 16.8. The fourth-order valence-electron chi connectivity index (χ4n) is 4.40. The van der Waals surface area contributed by atoms with Crippen molar-refractivity contribution >= 4 is 42.6 Å². The molecule has 1 amide bonds. The summed E-state index contributed by atoms with van der Waals surface area (Å²) in [6.45, 7) is 6.04. The van der Waals surface area contributed by atoms with Crippen LogP contribution >= 0.6 is 11.3 Å². The number of carbonyl (C=O) groups excluding carboxylic acids is 1. The van der Waals surface area contributed by atoms with Gasteiger partial charge in [0.1, 0.15) is 0 Å². The van der Waals surface area contributed by atoms with Crippen LogP contribution in [-0.4, -0.2) is 53.0 Å². The number of hydrogen-bond acceptors (Lipinski definition) is 6. The second-order valence-corrected chi connectivity index (χ2v) is 11.7. The van der Waals surface area contributed by atoms with Crippen molar-refractivity contribution in [3.05, 3.63) is 71.5 Å². The van der Waals surface area contributed by atoms with E-state index in [9.17, 15) is 13.2 Å². The van der Waals surface area contributed by atoms with E-state index in [2.05, 4.69) is 17.2 Å². The lowest BCUT2D eigenvalue weighted by molar-refractivity contribution is 0.0985. The molecular formula is C25H27N5O3S2. The van der Waals surface area contributed by atoms with Gasteiger partial charge in [-0.3, -0.25) is 14.4 Å². The van der Waals surface area contributed by atoms with Crippen molar-refractivity contribution in [2.75, 3.05) is 24.5 Å². The Morgan fingerprint density at radius 1 is 1.11 bits per heavy atom. The number of rotatable bonds is 7. The monoisotopic (exact) mass is 509 g/mol. The summed E-state index contributed by atoms with van der Waals surface area (Å²) in [5.74, 6) is -0.226. The lowest BCUT2D eigenvalue weighted by Crippen LogP contribution is -2.34. The molecule has 3 heterocycles. The van der Waals surface area contributed by atoms with Crippen molar-refractivity contribution in [2.24, 2.45) is 0 Å². The predicted octanol–water partition coefficient (Wildman–Crippen LogP) is 4.24. The Hall–Kier alpha value is -3.08. The summed E-state index contributed by atoms with van der Waals surface area (Å²) in [6.07, 6.45) is 5.31. The summed E-state index contributed by atoms with van der Waals surface area (Å²) in [6, 6.07) is 12.2. The van der Waals surface area contributed by atoms with Gasteiger partial charge in [-0.15, -0.1) is 0 Å². The van der Waals surface area contributed by atoms with Crippen LogP contribution in [-0.2, 0) is 16.6 Å². The number of aromatic nitrogens is 3. The number of nitrogens with zero attached hydrogens (tertiary/aromatic N) is 5. The molecule has 10 heteroatoms. The zero-order chi connectivity index (χ0) is 24.6. The van der Waals surface area contributed by atoms with Crippen LogP contribution in [0.1, 0.15) is 34.3 Å². The van der Waals surface area contributed by atoms with Crippen molar-refractivity contribution in [2.45, 2.75) is 38.1 Å². The molecular weight excluding hydrogens is 482 g/mol. The van der Waals surface area contributed by atoms with Gasteiger partial charge in [0.15, 0.2) is 5.13 Å². The molecule has 0 aliphatic carbocycles. The maximum Gasteiger partial charge on any atom is 0.260 e. The molecule has 1 fully saturated rings. The maximum atomic E-state index is 13.7. The van der Waals surface area contributed by atoms with Crippen molar-refractivity contribution in [1.82, 2.24) is 19.1 Å². The first kappa shape index (κ1) is 23.7. The second kappa shape index (κ2) is 9.52. The first-order valence-electron chi connectivity index (χ1n) is 11.6. The van der Waals surface area contributed by atoms with Crippen molar-refractivity contribution in [3.8, 4) is 0 Å². The van der Waals surface area contributed by atoms with Gasteiger partial charge >= 0.3 is 0 Å². The molecule has 8 nitrogen and oxygen atoms in total. The van der Waals surface area contributed by atoms with Gasteiger partial charge in [0.2, 0.25) is 10.0 Å². The average Bonchev–Trinajstić information content (AvgIpc) is 3.61. The number of thiazole rings is 1. The maximum absolute atomic E-state index is 13.7. The van der Waals surface area contributed by atoms with Crippen LogP contribution in [0.5, 0.6) is 0 Å². The van der Waals surface area contributed by atoms with Crippen molar-refractivity contribution in [1.29, 1.82) is 0 Å². The average molecular weight is 510 g/mol. The third-order valence-electron chi connectivity index (χ3n) is 6.21. The van der Waals surface area contributed by atoms with E-state index in [1.54, 1.807) is 27.9 Å². The molecule has 0 atom stereocenters. The SMILES string of the molecule is Cc1cc(C)c2nc(N(CCn3cccn3)C(=O)c3ccc(S(=O)(=O)N4CCCC4)cc3)sc2c1. The normalized spacial score (nSPS) is 14.6. The topological polar surface area (TPSA) is 88.4 Å². The van der Waals surface area contributed by atoms with E-state index in [1.807, 2.05) is 26.1 Å². The highest BCUT2D eigenvalue weighted by molar-refractivity contribution is 7.89. The minimum absolute atomic E-state index is 0.213. The molecule has 35 heavy (non-hydrogen) atoms. The zero-order valence-corrected chi connectivity index (χ0v) is 21.3. The Kier molecular flexibility index (Phi) is 6.43. The van der Waals surface area contributed by atoms with Crippen LogP contribution in [0, 0.1) is 13.8 Å². The number of carbonyl (C=O) groups is 1. The Bertz CT molecular complexity index is 1460. The van der Waals surface area contributed by atoms with Gasteiger partial charge < -0.3 is 0 Å². The molecule has 0 bridgehead atoms. The predicted molar refractivity (Wildman–Crippen MR) is 137 cm³/mol. The first-order valence-corrected chi connectivity index (χ1v) is 13.9. The highest BCUT2D eigenvalue weighted by atomic mass is 32.2. The van der Waals surface area contributed by atoms with Gasteiger partial charge in [-0.1, -0.05) is 17.4 Å². The third kappa shape index (κ3) is 4.73. The Morgan fingerprint density at radius 3 is 2.54 bits per heavy atom. The van der Waals surface area contributed by atoms with E-state index in [0.29, 0.717) is 36.9 Å². The fraction of sp³-hybridized carbons (Fsp3) is 0.320. The lowest BCUT2D eigenvalue weighted by Gasteiger charge is -2.20. The Morgan fingerprint density at radius 2 is 1.86 bits per heavy atom. The molecule has 1 aliphatic heterocycles. The zero-order valence-electron chi connectivity index (χ0n) is 19.7. The summed E-state index contributed by atoms with van der Waals surface area (Å²) < 4.78 is 30.1. The van der Waals surface area contributed by atoms with Crippen molar-refractivity contribution in [3.63, 3.8) is 0 Å². The molecule has 2 aromatic carbocycles. The molecule has 0 saturated carbocycles.